The van der Waals surface area contributed by atoms with Crippen molar-refractivity contribution < 1.29 is 9.53 Å². The Morgan fingerprint density at radius 1 is 1.16 bits per heavy atom. The molecule has 2 unspecified atom stereocenters. The number of Topliss-reactive ketones (excluding diaryl/α,β-unsaturated/α-hetero) is 1. The molecule has 1 aromatic rings. The zero-order valence-corrected chi connectivity index (χ0v) is 12.0. The second-order valence-electron chi connectivity index (χ2n) is 5.49. The predicted molar refractivity (Wildman–Crippen MR) is 77.6 cm³/mol. The van der Waals surface area contributed by atoms with Crippen LogP contribution in [0.3, 0.4) is 0 Å². The van der Waals surface area contributed by atoms with Gasteiger partial charge in [0.15, 0.2) is 0 Å². The van der Waals surface area contributed by atoms with Gasteiger partial charge in [0, 0.05) is 12.3 Å². The molecule has 1 saturated carbocycles. The Bertz CT molecular complexity index is 408. The lowest BCUT2D eigenvalue weighted by Crippen LogP contribution is -2.23. The van der Waals surface area contributed by atoms with Gasteiger partial charge in [0.1, 0.15) is 11.5 Å². The summed E-state index contributed by atoms with van der Waals surface area (Å²) < 4.78 is 5.57. The van der Waals surface area contributed by atoms with E-state index in [1.807, 2.05) is 12.1 Å². The molecule has 2 atom stereocenters. The molecule has 2 heteroatoms. The normalized spacial score (nSPS) is 23.4. The van der Waals surface area contributed by atoms with Crippen LogP contribution in [0.5, 0.6) is 5.75 Å². The largest absolute Gasteiger partial charge is 0.494 e. The van der Waals surface area contributed by atoms with Crippen LogP contribution in [0.1, 0.15) is 57.4 Å². The zero-order chi connectivity index (χ0) is 13.7. The molecule has 2 nitrogen and oxygen atoms in total. The van der Waals surface area contributed by atoms with Crippen LogP contribution in [-0.2, 0) is 4.79 Å². The minimum atomic E-state index is 0.114. The van der Waals surface area contributed by atoms with E-state index < -0.39 is 0 Å². The van der Waals surface area contributed by atoms with Crippen molar-refractivity contribution in [3.63, 3.8) is 0 Å². The van der Waals surface area contributed by atoms with E-state index in [1.165, 1.54) is 6.42 Å². The number of ether oxygens (including phenoxy) is 1. The highest BCUT2D eigenvalue weighted by Gasteiger charge is 2.28. The van der Waals surface area contributed by atoms with E-state index >= 15 is 0 Å². The summed E-state index contributed by atoms with van der Waals surface area (Å²) in [7, 11) is 0. The quantitative estimate of drug-likeness (QED) is 0.787. The number of hydrogen-bond acceptors (Lipinski definition) is 2. The summed E-state index contributed by atoms with van der Waals surface area (Å²) in [6, 6.07) is 8.09. The highest BCUT2D eigenvalue weighted by Crippen LogP contribution is 2.34. The smallest absolute Gasteiger partial charge is 0.140 e. The SMILES string of the molecule is CCCOc1ccc(C2CCC(CC)CC2=O)cc1. The minimum absolute atomic E-state index is 0.114. The van der Waals surface area contributed by atoms with Gasteiger partial charge in [-0.1, -0.05) is 32.4 Å². The Morgan fingerprint density at radius 3 is 2.47 bits per heavy atom. The van der Waals surface area contributed by atoms with Gasteiger partial charge in [-0.05, 0) is 42.9 Å². The van der Waals surface area contributed by atoms with Crippen molar-refractivity contribution in [1.29, 1.82) is 0 Å². The lowest BCUT2D eigenvalue weighted by Gasteiger charge is -2.27. The Kier molecular flexibility index (Phi) is 5.00. The topological polar surface area (TPSA) is 26.3 Å². The third kappa shape index (κ3) is 3.59. The van der Waals surface area contributed by atoms with Crippen molar-refractivity contribution in [2.75, 3.05) is 6.61 Å². The van der Waals surface area contributed by atoms with Crippen LogP contribution in [0.15, 0.2) is 24.3 Å². The molecule has 0 saturated heterocycles. The Balaban J connectivity index is 2.00. The van der Waals surface area contributed by atoms with Crippen LogP contribution >= 0.6 is 0 Å². The fourth-order valence-electron chi connectivity index (χ4n) is 2.81. The molecule has 0 bridgehead atoms. The number of rotatable bonds is 5. The van der Waals surface area contributed by atoms with Gasteiger partial charge in [-0.25, -0.2) is 0 Å². The summed E-state index contributed by atoms with van der Waals surface area (Å²) in [6.07, 6.45) is 5.09. The number of carbonyl (C=O) groups is 1. The van der Waals surface area contributed by atoms with E-state index in [4.69, 9.17) is 4.74 Å². The molecule has 0 radical (unpaired) electrons. The van der Waals surface area contributed by atoms with Gasteiger partial charge in [0.05, 0.1) is 6.61 Å². The molecule has 0 aliphatic heterocycles. The first-order chi connectivity index (χ1) is 9.24. The van der Waals surface area contributed by atoms with Crippen LogP contribution in [0.4, 0.5) is 0 Å². The first-order valence-electron chi connectivity index (χ1n) is 7.50. The molecule has 1 aromatic carbocycles. The summed E-state index contributed by atoms with van der Waals surface area (Å²) in [4.78, 5) is 12.2. The molecule has 104 valence electrons. The Labute approximate surface area is 116 Å². The lowest BCUT2D eigenvalue weighted by molar-refractivity contribution is -0.123. The van der Waals surface area contributed by atoms with Crippen molar-refractivity contribution in [2.45, 2.75) is 51.9 Å². The number of benzene rings is 1. The van der Waals surface area contributed by atoms with Gasteiger partial charge < -0.3 is 4.74 Å². The molecule has 0 N–H and O–H groups in total. The summed E-state index contributed by atoms with van der Waals surface area (Å²) in [5.41, 5.74) is 1.16. The fraction of sp³-hybridized carbons (Fsp3) is 0.588. The van der Waals surface area contributed by atoms with Gasteiger partial charge in [-0.15, -0.1) is 0 Å². The fourth-order valence-corrected chi connectivity index (χ4v) is 2.81. The second kappa shape index (κ2) is 6.74. The second-order valence-corrected chi connectivity index (χ2v) is 5.49. The van der Waals surface area contributed by atoms with Gasteiger partial charge in [0.25, 0.3) is 0 Å². The van der Waals surface area contributed by atoms with Crippen LogP contribution < -0.4 is 4.74 Å². The molecule has 1 fully saturated rings. The lowest BCUT2D eigenvalue weighted by atomic mass is 9.77. The highest BCUT2D eigenvalue weighted by molar-refractivity contribution is 5.86. The molecular weight excluding hydrogens is 236 g/mol. The summed E-state index contributed by atoms with van der Waals surface area (Å²) >= 11 is 0. The maximum atomic E-state index is 12.2. The van der Waals surface area contributed by atoms with E-state index in [2.05, 4.69) is 26.0 Å². The molecule has 1 aliphatic rings. The average Bonchev–Trinajstić information content (AvgIpc) is 2.45. The maximum absolute atomic E-state index is 12.2. The maximum Gasteiger partial charge on any atom is 0.140 e. The third-order valence-corrected chi connectivity index (χ3v) is 4.07. The Morgan fingerprint density at radius 2 is 1.89 bits per heavy atom. The zero-order valence-electron chi connectivity index (χ0n) is 12.0. The van der Waals surface area contributed by atoms with Crippen molar-refractivity contribution in [3.8, 4) is 5.75 Å². The van der Waals surface area contributed by atoms with Gasteiger partial charge in [-0.3, -0.25) is 4.79 Å². The van der Waals surface area contributed by atoms with Crippen molar-refractivity contribution in [3.05, 3.63) is 29.8 Å². The van der Waals surface area contributed by atoms with E-state index in [1.54, 1.807) is 0 Å². The molecule has 0 aromatic heterocycles. The van der Waals surface area contributed by atoms with E-state index in [-0.39, 0.29) is 5.92 Å². The van der Waals surface area contributed by atoms with Crippen molar-refractivity contribution >= 4 is 5.78 Å². The van der Waals surface area contributed by atoms with Crippen LogP contribution in [0.2, 0.25) is 0 Å². The number of ketones is 1. The molecular formula is C17H24O2. The van der Waals surface area contributed by atoms with E-state index in [9.17, 15) is 4.79 Å². The van der Waals surface area contributed by atoms with Crippen LogP contribution in [0.25, 0.3) is 0 Å². The van der Waals surface area contributed by atoms with Gasteiger partial charge in [-0.2, -0.15) is 0 Å². The molecule has 0 spiro atoms. The summed E-state index contributed by atoms with van der Waals surface area (Å²) in [5.74, 6) is 2.04. The summed E-state index contributed by atoms with van der Waals surface area (Å²) in [5, 5.41) is 0. The average molecular weight is 260 g/mol. The molecule has 2 rings (SSSR count). The first kappa shape index (κ1) is 14.1. The molecule has 0 amide bonds. The minimum Gasteiger partial charge on any atom is -0.494 e. The van der Waals surface area contributed by atoms with Crippen LogP contribution in [0, 0.1) is 5.92 Å². The van der Waals surface area contributed by atoms with Crippen molar-refractivity contribution in [1.82, 2.24) is 0 Å². The highest BCUT2D eigenvalue weighted by atomic mass is 16.5. The van der Waals surface area contributed by atoms with Crippen LogP contribution in [-0.4, -0.2) is 12.4 Å². The molecule has 19 heavy (non-hydrogen) atoms. The third-order valence-electron chi connectivity index (χ3n) is 4.07. The molecule has 1 aliphatic carbocycles. The molecule has 0 heterocycles. The number of carbonyl (C=O) groups excluding carboxylic acids is 1. The standard InChI is InChI=1S/C17H24O2/c1-3-11-19-15-8-6-14(7-9-15)16-10-5-13(4-2)12-17(16)18/h6-9,13,16H,3-5,10-12H2,1-2H3. The van der Waals surface area contributed by atoms with E-state index in [0.717, 1.165) is 43.6 Å². The van der Waals surface area contributed by atoms with Gasteiger partial charge in [0.2, 0.25) is 0 Å². The van der Waals surface area contributed by atoms with E-state index in [0.29, 0.717) is 11.7 Å². The predicted octanol–water partition coefficient (Wildman–Crippen LogP) is 4.34. The Hall–Kier alpha value is -1.31. The van der Waals surface area contributed by atoms with Crippen molar-refractivity contribution in [2.24, 2.45) is 5.92 Å². The summed E-state index contributed by atoms with van der Waals surface area (Å²) in [6.45, 7) is 5.03. The monoisotopic (exact) mass is 260 g/mol. The van der Waals surface area contributed by atoms with Gasteiger partial charge >= 0.3 is 0 Å². The number of hydrogen-bond donors (Lipinski definition) is 0. The first-order valence-corrected chi connectivity index (χ1v) is 7.50.